The van der Waals surface area contributed by atoms with Gasteiger partial charge in [0.25, 0.3) is 6.47 Å². The fourth-order valence-corrected chi connectivity index (χ4v) is 1.15. The Morgan fingerprint density at radius 3 is 1.95 bits per heavy atom. The Labute approximate surface area is 114 Å². The highest BCUT2D eigenvalue weighted by Crippen LogP contribution is 2.28. The third-order valence-corrected chi connectivity index (χ3v) is 2.03. The number of halogens is 5. The topological polar surface area (TPSA) is 61.8 Å². The highest BCUT2D eigenvalue weighted by atomic mass is 19.2. The maximum atomic E-state index is 13.1. The Hall–Kier alpha value is -2.39. The first-order chi connectivity index (χ1) is 9.90. The summed E-state index contributed by atoms with van der Waals surface area (Å²) in [5.41, 5.74) is 0. The molecule has 21 heavy (non-hydrogen) atoms. The minimum Gasteiger partial charge on any atom is -0.484 e. The van der Waals surface area contributed by atoms with Crippen LogP contribution in [0, 0.1) is 29.1 Å². The number of hydrogen-bond acceptors (Lipinski definition) is 5. The van der Waals surface area contributed by atoms with Crippen molar-refractivity contribution < 1.29 is 45.8 Å². The van der Waals surface area contributed by atoms with Gasteiger partial charge in [0.1, 0.15) is 13.2 Å². The average Bonchev–Trinajstić information content (AvgIpc) is 2.48. The summed E-state index contributed by atoms with van der Waals surface area (Å²) in [5, 5.41) is 0. The summed E-state index contributed by atoms with van der Waals surface area (Å²) in [7, 11) is 0. The lowest BCUT2D eigenvalue weighted by Crippen LogP contribution is -2.17. The van der Waals surface area contributed by atoms with E-state index in [-0.39, 0.29) is 6.47 Å². The lowest BCUT2D eigenvalue weighted by molar-refractivity contribution is -0.153. The molecule has 116 valence electrons. The van der Waals surface area contributed by atoms with E-state index in [1.807, 2.05) is 0 Å². The van der Waals surface area contributed by atoms with Crippen LogP contribution in [-0.4, -0.2) is 32.3 Å². The molecule has 0 fully saturated rings. The van der Waals surface area contributed by atoms with Gasteiger partial charge in [0.2, 0.25) is 29.1 Å². The van der Waals surface area contributed by atoms with E-state index in [0.29, 0.717) is 0 Å². The maximum Gasteiger partial charge on any atom is 0.344 e. The summed E-state index contributed by atoms with van der Waals surface area (Å²) in [4.78, 5) is 20.6. The van der Waals surface area contributed by atoms with E-state index in [4.69, 9.17) is 0 Å². The first-order valence-corrected chi connectivity index (χ1v) is 5.25. The molecule has 0 radical (unpaired) electrons. The van der Waals surface area contributed by atoms with E-state index in [0.717, 1.165) is 0 Å². The van der Waals surface area contributed by atoms with Gasteiger partial charge in [-0.05, 0) is 0 Å². The second-order valence-corrected chi connectivity index (χ2v) is 3.38. The fraction of sp³-hybridized carbons (Fsp3) is 0.273. The van der Waals surface area contributed by atoms with Gasteiger partial charge in [0.15, 0.2) is 12.4 Å². The third-order valence-electron chi connectivity index (χ3n) is 2.03. The molecule has 0 saturated carbocycles. The Bertz CT molecular complexity index is 519. The van der Waals surface area contributed by atoms with Gasteiger partial charge >= 0.3 is 5.97 Å². The van der Waals surface area contributed by atoms with E-state index in [1.54, 1.807) is 0 Å². The molecule has 0 atom stereocenters. The number of hydrogen-bond donors (Lipinski definition) is 0. The van der Waals surface area contributed by atoms with Gasteiger partial charge in [-0.2, -0.15) is 8.78 Å². The Morgan fingerprint density at radius 1 is 0.905 bits per heavy atom. The molecule has 1 aromatic carbocycles. The number of ether oxygens (including phenoxy) is 3. The molecule has 0 aromatic heterocycles. The summed E-state index contributed by atoms with van der Waals surface area (Å²) in [6.07, 6.45) is 0. The van der Waals surface area contributed by atoms with Gasteiger partial charge in [-0.1, -0.05) is 0 Å². The maximum absolute atomic E-state index is 13.1. The molecule has 0 aliphatic carbocycles. The molecule has 0 aliphatic heterocycles. The summed E-state index contributed by atoms with van der Waals surface area (Å²) in [6, 6.07) is 0. The zero-order valence-electron chi connectivity index (χ0n) is 10.1. The first kappa shape index (κ1) is 16.7. The number of rotatable bonds is 7. The number of benzene rings is 1. The van der Waals surface area contributed by atoms with Crippen LogP contribution in [0.15, 0.2) is 0 Å². The van der Waals surface area contributed by atoms with Crippen LogP contribution in [0.5, 0.6) is 5.75 Å². The predicted molar refractivity (Wildman–Crippen MR) is 54.7 cm³/mol. The molecule has 10 heteroatoms. The van der Waals surface area contributed by atoms with Crippen LogP contribution in [-0.2, 0) is 19.1 Å². The van der Waals surface area contributed by atoms with Gasteiger partial charge in [-0.3, -0.25) is 4.79 Å². The highest BCUT2D eigenvalue weighted by molar-refractivity contribution is 5.71. The van der Waals surface area contributed by atoms with Crippen LogP contribution in [0.3, 0.4) is 0 Å². The van der Waals surface area contributed by atoms with Crippen molar-refractivity contribution in [1.82, 2.24) is 0 Å². The van der Waals surface area contributed by atoms with Crippen molar-refractivity contribution in [2.24, 2.45) is 0 Å². The van der Waals surface area contributed by atoms with E-state index >= 15 is 0 Å². The van der Waals surface area contributed by atoms with Crippen molar-refractivity contribution in [3.63, 3.8) is 0 Å². The van der Waals surface area contributed by atoms with Crippen molar-refractivity contribution >= 4 is 12.4 Å². The standard InChI is InChI=1S/C11H7F5O5/c12-6-7(13)9(15)11(10(16)8(6)14)21-2-1-20-5(18)3-19-4-17/h4H,1-3H2. The van der Waals surface area contributed by atoms with E-state index in [1.165, 1.54) is 0 Å². The molecule has 1 rings (SSSR count). The number of esters is 1. The summed E-state index contributed by atoms with van der Waals surface area (Å²) < 4.78 is 77.4. The number of carbonyl (C=O) groups is 2. The fourth-order valence-electron chi connectivity index (χ4n) is 1.15. The Morgan fingerprint density at radius 2 is 1.43 bits per heavy atom. The van der Waals surface area contributed by atoms with Crippen LogP contribution in [0.1, 0.15) is 0 Å². The van der Waals surface area contributed by atoms with Crippen LogP contribution in [0.2, 0.25) is 0 Å². The molecule has 0 amide bonds. The molecule has 0 unspecified atom stereocenters. The Balaban J connectivity index is 2.61. The van der Waals surface area contributed by atoms with Crippen molar-refractivity contribution in [3.8, 4) is 5.75 Å². The van der Waals surface area contributed by atoms with Crippen LogP contribution in [0.25, 0.3) is 0 Å². The zero-order chi connectivity index (χ0) is 16.0. The SMILES string of the molecule is O=COCC(=O)OCCOc1c(F)c(F)c(F)c(F)c1F. The number of carbonyl (C=O) groups excluding carboxylic acids is 2. The quantitative estimate of drug-likeness (QED) is 0.190. The lowest BCUT2D eigenvalue weighted by atomic mass is 10.2. The van der Waals surface area contributed by atoms with Gasteiger partial charge < -0.3 is 14.2 Å². The second kappa shape index (κ2) is 7.41. The van der Waals surface area contributed by atoms with E-state index < -0.39 is 60.6 Å². The predicted octanol–water partition coefficient (Wildman–Crippen LogP) is 1.48. The van der Waals surface area contributed by atoms with Crippen molar-refractivity contribution in [3.05, 3.63) is 29.1 Å². The van der Waals surface area contributed by atoms with Gasteiger partial charge in [-0.25, -0.2) is 18.0 Å². The van der Waals surface area contributed by atoms with E-state index in [9.17, 15) is 31.5 Å². The molecular weight excluding hydrogens is 307 g/mol. The van der Waals surface area contributed by atoms with Crippen LogP contribution >= 0.6 is 0 Å². The molecule has 5 nitrogen and oxygen atoms in total. The molecule has 0 aliphatic rings. The van der Waals surface area contributed by atoms with Gasteiger partial charge in [-0.15, -0.1) is 0 Å². The van der Waals surface area contributed by atoms with Crippen molar-refractivity contribution in [2.75, 3.05) is 19.8 Å². The third kappa shape index (κ3) is 4.04. The average molecular weight is 314 g/mol. The minimum atomic E-state index is -2.31. The van der Waals surface area contributed by atoms with Crippen LogP contribution < -0.4 is 4.74 Å². The summed E-state index contributed by atoms with van der Waals surface area (Å²) >= 11 is 0. The summed E-state index contributed by atoms with van der Waals surface area (Å²) in [6.45, 7) is -1.93. The van der Waals surface area contributed by atoms with E-state index in [2.05, 4.69) is 14.2 Å². The molecule has 0 saturated heterocycles. The zero-order valence-corrected chi connectivity index (χ0v) is 10.1. The molecule has 0 heterocycles. The Kier molecular flexibility index (Phi) is 5.88. The van der Waals surface area contributed by atoms with Gasteiger partial charge in [0.05, 0.1) is 0 Å². The second-order valence-electron chi connectivity index (χ2n) is 3.38. The molecular formula is C11H7F5O5. The van der Waals surface area contributed by atoms with Crippen molar-refractivity contribution in [2.45, 2.75) is 0 Å². The largest absolute Gasteiger partial charge is 0.484 e. The van der Waals surface area contributed by atoms with Crippen molar-refractivity contribution in [1.29, 1.82) is 0 Å². The molecule has 0 bridgehead atoms. The smallest absolute Gasteiger partial charge is 0.344 e. The summed E-state index contributed by atoms with van der Waals surface area (Å²) in [5.74, 6) is -13.4. The van der Waals surface area contributed by atoms with Gasteiger partial charge in [0, 0.05) is 0 Å². The lowest BCUT2D eigenvalue weighted by Gasteiger charge is -2.10. The first-order valence-electron chi connectivity index (χ1n) is 5.25. The molecule has 1 aromatic rings. The highest BCUT2D eigenvalue weighted by Gasteiger charge is 2.26. The molecule has 0 spiro atoms. The minimum absolute atomic E-state index is 0.00736. The monoisotopic (exact) mass is 314 g/mol. The van der Waals surface area contributed by atoms with Crippen LogP contribution in [0.4, 0.5) is 22.0 Å². The normalized spacial score (nSPS) is 10.1. The molecule has 0 N–H and O–H groups in total.